The number of piperidine rings is 1. The summed E-state index contributed by atoms with van der Waals surface area (Å²) in [6.45, 7) is -0.200. The standard InChI is InChI=1S/C21H27FN4O3.CH2O2/c1-23-14-5-3-4-6-15(14)25(2)16-8-7-12-13(19(16)22)11-26(21(12)29)17-9-10-18(27)24-20(17)28;2-1-3/h7-8,14-15,17,23H,3-6,9-11H2,1-2H3,(H,24,27,28);1H,(H,2,3)/t14-,15-,17?;/m0./s1. The van der Waals surface area contributed by atoms with Gasteiger partial charge in [0.25, 0.3) is 12.4 Å². The average Bonchev–Trinajstić information content (AvgIpc) is 3.11. The number of likely N-dealkylation sites (N-methyl/N-ethyl adjacent to an activating group) is 2. The van der Waals surface area contributed by atoms with Gasteiger partial charge in [0, 0.05) is 36.7 Å². The van der Waals surface area contributed by atoms with Crippen LogP contribution in [-0.4, -0.2) is 66.4 Å². The van der Waals surface area contributed by atoms with Crippen molar-refractivity contribution in [3.05, 3.63) is 29.1 Å². The van der Waals surface area contributed by atoms with E-state index in [-0.39, 0.29) is 43.7 Å². The van der Waals surface area contributed by atoms with Crippen LogP contribution in [-0.2, 0) is 20.9 Å². The summed E-state index contributed by atoms with van der Waals surface area (Å²) in [6.07, 6.45) is 4.77. The molecule has 3 aliphatic rings. The Morgan fingerprint density at radius 3 is 2.56 bits per heavy atom. The van der Waals surface area contributed by atoms with Gasteiger partial charge in [-0.3, -0.25) is 24.5 Å². The lowest BCUT2D eigenvalue weighted by Gasteiger charge is -2.39. The minimum absolute atomic E-state index is 0.0497. The van der Waals surface area contributed by atoms with Crippen molar-refractivity contribution < 1.29 is 28.7 Å². The van der Waals surface area contributed by atoms with E-state index in [0.29, 0.717) is 22.9 Å². The Hall–Kier alpha value is -3.01. The van der Waals surface area contributed by atoms with Gasteiger partial charge in [0.1, 0.15) is 6.04 Å². The number of carboxylic acid groups (broad SMARTS) is 1. The molecule has 1 aliphatic carbocycles. The van der Waals surface area contributed by atoms with E-state index in [1.54, 1.807) is 12.1 Å². The van der Waals surface area contributed by atoms with Gasteiger partial charge in [-0.15, -0.1) is 0 Å². The first kappa shape index (κ1) is 23.6. The van der Waals surface area contributed by atoms with Crippen LogP contribution in [0.15, 0.2) is 12.1 Å². The van der Waals surface area contributed by atoms with E-state index in [1.807, 2.05) is 19.0 Å². The number of amides is 3. The Morgan fingerprint density at radius 2 is 1.91 bits per heavy atom. The van der Waals surface area contributed by atoms with Crippen LogP contribution in [0.2, 0.25) is 0 Å². The summed E-state index contributed by atoms with van der Waals surface area (Å²) in [5.74, 6) is -1.57. The summed E-state index contributed by atoms with van der Waals surface area (Å²) in [6, 6.07) is 3.07. The van der Waals surface area contributed by atoms with Crippen molar-refractivity contribution in [2.75, 3.05) is 19.0 Å². The first-order chi connectivity index (χ1) is 15.3. The van der Waals surface area contributed by atoms with Crippen LogP contribution >= 0.6 is 0 Å². The van der Waals surface area contributed by atoms with Crippen LogP contribution < -0.4 is 15.5 Å². The van der Waals surface area contributed by atoms with Gasteiger partial charge in [-0.05, 0) is 38.4 Å². The topological polar surface area (TPSA) is 119 Å². The smallest absolute Gasteiger partial charge is 0.290 e. The number of carbonyl (C=O) groups is 4. The highest BCUT2D eigenvalue weighted by molar-refractivity contribution is 6.05. The lowest BCUT2D eigenvalue weighted by Crippen LogP contribution is -2.52. The minimum Gasteiger partial charge on any atom is -0.483 e. The van der Waals surface area contributed by atoms with Crippen LogP contribution in [0.5, 0.6) is 0 Å². The molecule has 0 spiro atoms. The normalized spacial score (nSPS) is 24.9. The largest absolute Gasteiger partial charge is 0.483 e. The monoisotopic (exact) mass is 448 g/mol. The van der Waals surface area contributed by atoms with Crippen molar-refractivity contribution >= 4 is 29.9 Å². The SMILES string of the molecule is CN[C@H]1CCCC[C@@H]1N(C)c1ccc2c(c1F)CN(C1CCC(=O)NC1=O)C2=O.O=CO. The Morgan fingerprint density at radius 1 is 1.22 bits per heavy atom. The number of hydrogen-bond acceptors (Lipinski definition) is 6. The molecule has 10 heteroatoms. The summed E-state index contributed by atoms with van der Waals surface area (Å²) in [5.41, 5.74) is 1.12. The van der Waals surface area contributed by atoms with Crippen molar-refractivity contribution in [1.29, 1.82) is 0 Å². The number of imide groups is 1. The van der Waals surface area contributed by atoms with Crippen LogP contribution in [0.1, 0.15) is 54.4 Å². The summed E-state index contributed by atoms with van der Waals surface area (Å²) in [7, 11) is 3.84. The molecule has 3 atom stereocenters. The average molecular weight is 448 g/mol. The molecule has 2 aliphatic heterocycles. The molecule has 174 valence electrons. The third kappa shape index (κ3) is 4.45. The van der Waals surface area contributed by atoms with Gasteiger partial charge >= 0.3 is 0 Å². The third-order valence-corrected chi connectivity index (χ3v) is 6.61. The maximum atomic E-state index is 15.5. The Labute approximate surface area is 185 Å². The van der Waals surface area contributed by atoms with E-state index in [4.69, 9.17) is 9.90 Å². The number of nitrogens with zero attached hydrogens (tertiary/aromatic N) is 2. The zero-order chi connectivity index (χ0) is 23.4. The van der Waals surface area contributed by atoms with E-state index >= 15 is 4.39 Å². The van der Waals surface area contributed by atoms with Gasteiger partial charge in [0.2, 0.25) is 11.8 Å². The van der Waals surface area contributed by atoms with E-state index in [1.165, 1.54) is 4.90 Å². The van der Waals surface area contributed by atoms with Gasteiger partial charge < -0.3 is 20.2 Å². The molecule has 3 N–H and O–H groups in total. The fourth-order valence-electron chi connectivity index (χ4n) is 4.95. The predicted molar refractivity (Wildman–Crippen MR) is 115 cm³/mol. The van der Waals surface area contributed by atoms with Crippen molar-refractivity contribution in [2.45, 2.75) is 63.2 Å². The first-order valence-corrected chi connectivity index (χ1v) is 10.8. The number of carbonyl (C=O) groups excluding carboxylic acids is 3. The number of hydrogen-bond donors (Lipinski definition) is 3. The molecule has 2 heterocycles. The van der Waals surface area contributed by atoms with Crippen LogP contribution in [0.25, 0.3) is 0 Å². The lowest BCUT2D eigenvalue weighted by molar-refractivity contribution is -0.137. The third-order valence-electron chi connectivity index (χ3n) is 6.61. The molecule has 0 radical (unpaired) electrons. The zero-order valence-electron chi connectivity index (χ0n) is 18.3. The van der Waals surface area contributed by atoms with E-state index in [2.05, 4.69) is 10.6 Å². The van der Waals surface area contributed by atoms with Gasteiger partial charge in [0.05, 0.1) is 12.2 Å². The first-order valence-electron chi connectivity index (χ1n) is 10.8. The van der Waals surface area contributed by atoms with Crippen LogP contribution in [0, 0.1) is 5.82 Å². The maximum Gasteiger partial charge on any atom is 0.290 e. The predicted octanol–water partition coefficient (Wildman–Crippen LogP) is 1.25. The minimum atomic E-state index is -0.736. The Balaban J connectivity index is 0.000000913. The fraction of sp³-hybridized carbons (Fsp3) is 0.545. The molecular weight excluding hydrogens is 419 g/mol. The van der Waals surface area contributed by atoms with Crippen molar-refractivity contribution in [1.82, 2.24) is 15.5 Å². The highest BCUT2D eigenvalue weighted by Gasteiger charge is 2.41. The van der Waals surface area contributed by atoms with Crippen molar-refractivity contribution in [3.8, 4) is 0 Å². The fourth-order valence-corrected chi connectivity index (χ4v) is 4.95. The second kappa shape index (κ2) is 10.1. The van der Waals surface area contributed by atoms with Crippen molar-refractivity contribution in [3.63, 3.8) is 0 Å². The highest BCUT2D eigenvalue weighted by atomic mass is 19.1. The van der Waals surface area contributed by atoms with Gasteiger partial charge in [0.15, 0.2) is 5.82 Å². The molecule has 0 bridgehead atoms. The summed E-state index contributed by atoms with van der Waals surface area (Å²) < 4.78 is 15.5. The van der Waals surface area contributed by atoms with E-state index in [9.17, 15) is 14.4 Å². The molecule has 2 fully saturated rings. The molecule has 9 nitrogen and oxygen atoms in total. The molecule has 1 aromatic rings. The molecule has 0 aromatic heterocycles. The van der Waals surface area contributed by atoms with E-state index in [0.717, 1.165) is 25.7 Å². The van der Waals surface area contributed by atoms with Crippen molar-refractivity contribution in [2.24, 2.45) is 0 Å². The van der Waals surface area contributed by atoms with Crippen LogP contribution in [0.4, 0.5) is 10.1 Å². The second-order valence-electron chi connectivity index (χ2n) is 8.29. The molecule has 1 unspecified atom stereocenters. The number of benzene rings is 1. The molecule has 3 amide bonds. The quantitative estimate of drug-likeness (QED) is 0.469. The Bertz CT molecular complexity index is 909. The number of fused-ring (bicyclic) bond motifs is 1. The number of rotatable bonds is 4. The van der Waals surface area contributed by atoms with Gasteiger partial charge in [-0.2, -0.15) is 0 Å². The molecule has 32 heavy (non-hydrogen) atoms. The summed E-state index contributed by atoms with van der Waals surface area (Å²) >= 11 is 0. The lowest BCUT2D eigenvalue weighted by atomic mass is 9.89. The second-order valence-corrected chi connectivity index (χ2v) is 8.29. The molecule has 1 saturated carbocycles. The maximum absolute atomic E-state index is 15.5. The Kier molecular flexibility index (Phi) is 7.44. The number of halogens is 1. The molecule has 4 rings (SSSR count). The molecular formula is C22H29FN4O5. The zero-order valence-corrected chi connectivity index (χ0v) is 18.3. The summed E-state index contributed by atoms with van der Waals surface area (Å²) in [5, 5.41) is 12.5. The van der Waals surface area contributed by atoms with Crippen LogP contribution in [0.3, 0.4) is 0 Å². The summed E-state index contributed by atoms with van der Waals surface area (Å²) in [4.78, 5) is 48.1. The number of anilines is 1. The van der Waals surface area contributed by atoms with Gasteiger partial charge in [-0.25, -0.2) is 4.39 Å². The number of nitrogens with one attached hydrogen (secondary N) is 2. The molecule has 1 aromatic carbocycles. The molecule has 1 saturated heterocycles. The highest BCUT2D eigenvalue weighted by Crippen LogP contribution is 2.35. The van der Waals surface area contributed by atoms with E-state index < -0.39 is 17.8 Å². The van der Waals surface area contributed by atoms with Gasteiger partial charge in [-0.1, -0.05) is 12.8 Å².